The topological polar surface area (TPSA) is 62.5 Å². The standard InChI is InChI=1S/C13H20N4O2/c1-13(2,3)16-8-6-15(7-9-16)12-5-4-11(10-14-12)17(18)19/h4-5,10H,6-9H2,1-3H3. The van der Waals surface area contributed by atoms with Crippen LogP contribution in [0.3, 0.4) is 0 Å². The van der Waals surface area contributed by atoms with Crippen LogP contribution in [0, 0.1) is 10.1 Å². The van der Waals surface area contributed by atoms with Gasteiger partial charge in [0.25, 0.3) is 5.69 Å². The van der Waals surface area contributed by atoms with Crippen LogP contribution in [-0.2, 0) is 0 Å². The summed E-state index contributed by atoms with van der Waals surface area (Å²) in [5.41, 5.74) is 0.228. The smallest absolute Gasteiger partial charge is 0.287 e. The molecule has 0 atom stereocenters. The van der Waals surface area contributed by atoms with Gasteiger partial charge >= 0.3 is 0 Å². The van der Waals surface area contributed by atoms with Crippen molar-refractivity contribution in [3.05, 3.63) is 28.4 Å². The van der Waals surface area contributed by atoms with Crippen LogP contribution >= 0.6 is 0 Å². The fourth-order valence-electron chi connectivity index (χ4n) is 2.28. The minimum absolute atomic E-state index is 0.0390. The molecule has 6 heteroatoms. The summed E-state index contributed by atoms with van der Waals surface area (Å²) in [7, 11) is 0. The van der Waals surface area contributed by atoms with Gasteiger partial charge in [-0.3, -0.25) is 15.0 Å². The van der Waals surface area contributed by atoms with Crippen LogP contribution in [0.5, 0.6) is 0 Å². The molecule has 0 radical (unpaired) electrons. The normalized spacial score (nSPS) is 17.5. The Kier molecular flexibility index (Phi) is 3.71. The van der Waals surface area contributed by atoms with Crippen LogP contribution in [0.25, 0.3) is 0 Å². The lowest BCUT2D eigenvalue weighted by molar-refractivity contribution is -0.385. The van der Waals surface area contributed by atoms with Crippen molar-refractivity contribution in [2.75, 3.05) is 31.1 Å². The molecule has 0 saturated carbocycles. The average molecular weight is 264 g/mol. The van der Waals surface area contributed by atoms with Crippen molar-refractivity contribution in [2.45, 2.75) is 26.3 Å². The molecule has 0 unspecified atom stereocenters. The average Bonchev–Trinajstić information content (AvgIpc) is 2.38. The van der Waals surface area contributed by atoms with E-state index in [2.05, 4.69) is 35.6 Å². The molecule has 0 spiro atoms. The Balaban J connectivity index is 2.00. The fraction of sp³-hybridized carbons (Fsp3) is 0.615. The number of aromatic nitrogens is 1. The third-order valence-corrected chi connectivity index (χ3v) is 3.50. The first-order valence-electron chi connectivity index (χ1n) is 6.48. The van der Waals surface area contributed by atoms with Crippen molar-refractivity contribution in [3.63, 3.8) is 0 Å². The zero-order valence-corrected chi connectivity index (χ0v) is 11.7. The second-order valence-electron chi connectivity index (χ2n) is 5.78. The lowest BCUT2D eigenvalue weighted by Gasteiger charge is -2.42. The van der Waals surface area contributed by atoms with Gasteiger partial charge < -0.3 is 4.90 Å². The van der Waals surface area contributed by atoms with E-state index in [4.69, 9.17) is 0 Å². The van der Waals surface area contributed by atoms with E-state index in [1.807, 2.05) is 0 Å². The van der Waals surface area contributed by atoms with Gasteiger partial charge in [-0.1, -0.05) is 0 Å². The number of hydrogen-bond donors (Lipinski definition) is 0. The first kappa shape index (κ1) is 13.7. The van der Waals surface area contributed by atoms with Crippen LogP contribution in [0.4, 0.5) is 11.5 Å². The third kappa shape index (κ3) is 3.20. The second kappa shape index (κ2) is 5.13. The van der Waals surface area contributed by atoms with Crippen LogP contribution in [0.2, 0.25) is 0 Å². The molecule has 19 heavy (non-hydrogen) atoms. The van der Waals surface area contributed by atoms with Gasteiger partial charge in [0.15, 0.2) is 0 Å². The number of anilines is 1. The van der Waals surface area contributed by atoms with Crippen molar-refractivity contribution < 1.29 is 4.92 Å². The maximum absolute atomic E-state index is 10.6. The van der Waals surface area contributed by atoms with Crippen molar-refractivity contribution in [1.29, 1.82) is 0 Å². The molecular formula is C13H20N4O2. The van der Waals surface area contributed by atoms with Gasteiger partial charge in [-0.05, 0) is 26.8 Å². The highest BCUT2D eigenvalue weighted by Gasteiger charge is 2.26. The molecule has 104 valence electrons. The zero-order chi connectivity index (χ0) is 14.0. The number of piperazine rings is 1. The molecule has 1 saturated heterocycles. The number of hydrogen-bond acceptors (Lipinski definition) is 5. The Morgan fingerprint density at radius 1 is 1.21 bits per heavy atom. The van der Waals surface area contributed by atoms with E-state index in [9.17, 15) is 10.1 Å². The Bertz CT molecular complexity index is 445. The summed E-state index contributed by atoms with van der Waals surface area (Å²) in [5, 5.41) is 10.6. The molecule has 0 amide bonds. The summed E-state index contributed by atoms with van der Waals surface area (Å²) >= 11 is 0. The van der Waals surface area contributed by atoms with Crippen molar-refractivity contribution >= 4 is 11.5 Å². The highest BCUT2D eigenvalue weighted by Crippen LogP contribution is 2.20. The highest BCUT2D eigenvalue weighted by atomic mass is 16.6. The Morgan fingerprint density at radius 2 is 1.84 bits per heavy atom. The summed E-state index contributed by atoms with van der Waals surface area (Å²) in [6.45, 7) is 10.4. The Hall–Kier alpha value is -1.69. The van der Waals surface area contributed by atoms with Crippen molar-refractivity contribution in [2.24, 2.45) is 0 Å². The molecule has 1 aromatic rings. The first-order valence-corrected chi connectivity index (χ1v) is 6.48. The van der Waals surface area contributed by atoms with Crippen molar-refractivity contribution in [1.82, 2.24) is 9.88 Å². The van der Waals surface area contributed by atoms with Gasteiger partial charge in [-0.25, -0.2) is 4.98 Å². The molecule has 1 aliphatic rings. The molecule has 0 aromatic carbocycles. The van der Waals surface area contributed by atoms with Gasteiger partial charge in [-0.15, -0.1) is 0 Å². The van der Waals surface area contributed by atoms with Gasteiger partial charge in [0.05, 0.1) is 4.92 Å². The van der Waals surface area contributed by atoms with E-state index in [0.717, 1.165) is 32.0 Å². The summed E-state index contributed by atoms with van der Waals surface area (Å²) in [6.07, 6.45) is 1.32. The van der Waals surface area contributed by atoms with E-state index < -0.39 is 4.92 Å². The number of nitrogens with zero attached hydrogens (tertiary/aromatic N) is 4. The molecule has 1 aliphatic heterocycles. The lowest BCUT2D eigenvalue weighted by atomic mass is 10.1. The zero-order valence-electron chi connectivity index (χ0n) is 11.7. The quantitative estimate of drug-likeness (QED) is 0.603. The van der Waals surface area contributed by atoms with Gasteiger partial charge in [0.1, 0.15) is 12.0 Å². The summed E-state index contributed by atoms with van der Waals surface area (Å²) in [6, 6.07) is 3.24. The molecule has 1 aromatic heterocycles. The van der Waals surface area contributed by atoms with Crippen LogP contribution < -0.4 is 4.90 Å². The fourth-order valence-corrected chi connectivity index (χ4v) is 2.28. The monoisotopic (exact) mass is 264 g/mol. The predicted molar refractivity (Wildman–Crippen MR) is 74.4 cm³/mol. The molecule has 0 bridgehead atoms. The minimum atomic E-state index is -0.422. The number of rotatable bonds is 2. The molecule has 2 rings (SSSR count). The van der Waals surface area contributed by atoms with Gasteiger partial charge in [0, 0.05) is 37.8 Å². The second-order valence-corrected chi connectivity index (χ2v) is 5.78. The van der Waals surface area contributed by atoms with Gasteiger partial charge in [-0.2, -0.15) is 0 Å². The summed E-state index contributed by atoms with van der Waals surface area (Å²) in [4.78, 5) is 19.0. The maximum atomic E-state index is 10.6. The molecule has 1 fully saturated rings. The summed E-state index contributed by atoms with van der Waals surface area (Å²) < 4.78 is 0. The highest BCUT2D eigenvalue weighted by molar-refractivity contribution is 5.43. The number of pyridine rings is 1. The van der Waals surface area contributed by atoms with Crippen molar-refractivity contribution in [3.8, 4) is 0 Å². The SMILES string of the molecule is CC(C)(C)N1CCN(c2ccc([N+](=O)[O-])cn2)CC1. The van der Waals surface area contributed by atoms with E-state index in [0.29, 0.717) is 0 Å². The van der Waals surface area contributed by atoms with Crippen LogP contribution in [-0.4, -0.2) is 46.5 Å². The molecule has 0 aliphatic carbocycles. The third-order valence-electron chi connectivity index (χ3n) is 3.50. The molecular weight excluding hydrogens is 244 g/mol. The van der Waals surface area contributed by atoms with Gasteiger partial charge in [0.2, 0.25) is 0 Å². The van der Waals surface area contributed by atoms with E-state index in [-0.39, 0.29) is 11.2 Å². The lowest BCUT2D eigenvalue weighted by Crippen LogP contribution is -2.53. The largest absolute Gasteiger partial charge is 0.354 e. The Morgan fingerprint density at radius 3 is 2.26 bits per heavy atom. The minimum Gasteiger partial charge on any atom is -0.354 e. The maximum Gasteiger partial charge on any atom is 0.287 e. The summed E-state index contributed by atoms with van der Waals surface area (Å²) in [5.74, 6) is 0.819. The Labute approximate surface area is 113 Å². The number of nitro groups is 1. The van der Waals surface area contributed by atoms with Crippen LogP contribution in [0.1, 0.15) is 20.8 Å². The van der Waals surface area contributed by atoms with Crippen LogP contribution in [0.15, 0.2) is 18.3 Å². The van der Waals surface area contributed by atoms with E-state index in [1.165, 1.54) is 12.3 Å². The predicted octanol–water partition coefficient (Wildman–Crippen LogP) is 1.91. The van der Waals surface area contributed by atoms with E-state index >= 15 is 0 Å². The molecule has 0 N–H and O–H groups in total. The molecule has 2 heterocycles. The van der Waals surface area contributed by atoms with E-state index in [1.54, 1.807) is 6.07 Å². The molecule has 6 nitrogen and oxygen atoms in total. The first-order chi connectivity index (χ1) is 8.88.